The summed E-state index contributed by atoms with van der Waals surface area (Å²) in [5.74, 6) is 0. The molecule has 4 nitrogen and oxygen atoms in total. The third kappa shape index (κ3) is 3.70. The van der Waals surface area contributed by atoms with Gasteiger partial charge in [0.1, 0.15) is 6.07 Å². The Morgan fingerprint density at radius 2 is 1.61 bits per heavy atom. The molecule has 1 fully saturated rings. The summed E-state index contributed by atoms with van der Waals surface area (Å²) < 4.78 is 0. The van der Waals surface area contributed by atoms with Crippen molar-refractivity contribution in [2.24, 2.45) is 0 Å². The minimum Gasteiger partial charge on any atom is -0.387 e. The highest BCUT2D eigenvalue weighted by Gasteiger charge is 2.21. The zero-order chi connectivity index (χ0) is 16.1. The van der Waals surface area contributed by atoms with Crippen LogP contribution in [0, 0.1) is 11.3 Å². The molecule has 1 N–H and O–H groups in total. The van der Waals surface area contributed by atoms with Crippen LogP contribution in [0.5, 0.6) is 0 Å². The fourth-order valence-corrected chi connectivity index (χ4v) is 3.04. The molecule has 1 heterocycles. The smallest absolute Gasteiger partial charge is 0.101 e. The van der Waals surface area contributed by atoms with E-state index in [9.17, 15) is 10.4 Å². The van der Waals surface area contributed by atoms with Crippen LogP contribution < -0.4 is 4.90 Å². The van der Waals surface area contributed by atoms with Crippen LogP contribution in [0.2, 0.25) is 0 Å². The maximum Gasteiger partial charge on any atom is 0.101 e. The summed E-state index contributed by atoms with van der Waals surface area (Å²) in [7, 11) is 0. The van der Waals surface area contributed by atoms with E-state index in [4.69, 9.17) is 0 Å². The van der Waals surface area contributed by atoms with Gasteiger partial charge in [0.25, 0.3) is 0 Å². The van der Waals surface area contributed by atoms with Crippen molar-refractivity contribution in [1.82, 2.24) is 4.90 Å². The lowest BCUT2D eigenvalue weighted by molar-refractivity contribution is 0.109. The predicted octanol–water partition coefficient (Wildman–Crippen LogP) is 2.41. The Labute approximate surface area is 137 Å². The number of anilines is 1. The van der Waals surface area contributed by atoms with Crippen LogP contribution in [0.1, 0.15) is 17.2 Å². The summed E-state index contributed by atoms with van der Waals surface area (Å²) in [6.07, 6.45) is -0.450. The summed E-state index contributed by atoms with van der Waals surface area (Å²) in [4.78, 5) is 4.53. The van der Waals surface area contributed by atoms with E-state index in [0.29, 0.717) is 6.54 Å². The number of hydrogen-bond acceptors (Lipinski definition) is 4. The number of piperazine rings is 1. The minimum absolute atomic E-state index is 0.450. The van der Waals surface area contributed by atoms with Crippen molar-refractivity contribution in [3.05, 3.63) is 65.7 Å². The minimum atomic E-state index is -0.450. The fraction of sp³-hybridized carbons (Fsp3) is 0.316. The van der Waals surface area contributed by atoms with Crippen molar-refractivity contribution in [3.63, 3.8) is 0 Å². The van der Waals surface area contributed by atoms with Crippen LogP contribution >= 0.6 is 0 Å². The van der Waals surface area contributed by atoms with E-state index in [2.05, 4.69) is 15.9 Å². The first-order chi connectivity index (χ1) is 11.3. The molecule has 0 saturated carbocycles. The van der Waals surface area contributed by atoms with Crippen molar-refractivity contribution in [2.75, 3.05) is 37.6 Å². The van der Waals surface area contributed by atoms with E-state index < -0.39 is 6.10 Å². The number of rotatable bonds is 4. The Morgan fingerprint density at radius 3 is 2.30 bits per heavy atom. The maximum absolute atomic E-state index is 10.3. The molecular weight excluding hydrogens is 286 g/mol. The molecule has 0 spiro atoms. The molecule has 0 radical (unpaired) electrons. The Bertz CT molecular complexity index is 673. The molecule has 1 saturated heterocycles. The molecule has 0 amide bonds. The summed E-state index contributed by atoms with van der Waals surface area (Å²) in [5, 5.41) is 19.6. The van der Waals surface area contributed by atoms with Gasteiger partial charge in [0.2, 0.25) is 0 Å². The van der Waals surface area contributed by atoms with E-state index in [-0.39, 0.29) is 0 Å². The van der Waals surface area contributed by atoms with Crippen LogP contribution in [0.25, 0.3) is 0 Å². The van der Waals surface area contributed by atoms with Crippen LogP contribution in [-0.2, 0) is 0 Å². The lowest BCUT2D eigenvalue weighted by Gasteiger charge is -2.37. The van der Waals surface area contributed by atoms with Gasteiger partial charge in [0.05, 0.1) is 17.4 Å². The number of nitrogens with zero attached hydrogens (tertiary/aromatic N) is 3. The van der Waals surface area contributed by atoms with Crippen molar-refractivity contribution in [3.8, 4) is 6.07 Å². The van der Waals surface area contributed by atoms with Gasteiger partial charge in [-0.1, -0.05) is 42.5 Å². The van der Waals surface area contributed by atoms with E-state index >= 15 is 0 Å². The molecule has 0 aliphatic carbocycles. The van der Waals surface area contributed by atoms with Gasteiger partial charge >= 0.3 is 0 Å². The second-order valence-corrected chi connectivity index (χ2v) is 5.84. The Balaban J connectivity index is 1.58. The van der Waals surface area contributed by atoms with Crippen LogP contribution in [0.15, 0.2) is 54.6 Å². The van der Waals surface area contributed by atoms with Gasteiger partial charge in [0, 0.05) is 32.7 Å². The average molecular weight is 307 g/mol. The van der Waals surface area contributed by atoms with Gasteiger partial charge in [0.15, 0.2) is 0 Å². The van der Waals surface area contributed by atoms with Gasteiger partial charge in [-0.2, -0.15) is 5.26 Å². The van der Waals surface area contributed by atoms with E-state index in [1.807, 2.05) is 54.6 Å². The van der Waals surface area contributed by atoms with Crippen molar-refractivity contribution in [1.29, 1.82) is 5.26 Å². The Kier molecular flexibility index (Phi) is 4.92. The second-order valence-electron chi connectivity index (χ2n) is 5.84. The number of benzene rings is 2. The predicted molar refractivity (Wildman–Crippen MR) is 91.2 cm³/mol. The van der Waals surface area contributed by atoms with Gasteiger partial charge < -0.3 is 10.0 Å². The third-order valence-corrected chi connectivity index (χ3v) is 4.35. The monoisotopic (exact) mass is 307 g/mol. The molecule has 0 bridgehead atoms. The van der Waals surface area contributed by atoms with Crippen LogP contribution in [0.4, 0.5) is 5.69 Å². The molecule has 118 valence electrons. The Hall–Kier alpha value is -2.35. The zero-order valence-corrected chi connectivity index (χ0v) is 13.1. The first-order valence-electron chi connectivity index (χ1n) is 7.97. The molecule has 2 aromatic carbocycles. The number of aliphatic hydroxyl groups is 1. The molecule has 1 atom stereocenters. The third-order valence-electron chi connectivity index (χ3n) is 4.35. The van der Waals surface area contributed by atoms with Gasteiger partial charge in [-0.25, -0.2) is 0 Å². The normalized spacial score (nSPS) is 16.8. The highest BCUT2D eigenvalue weighted by Crippen LogP contribution is 2.22. The fourth-order valence-electron chi connectivity index (χ4n) is 3.04. The highest BCUT2D eigenvalue weighted by atomic mass is 16.3. The lowest BCUT2D eigenvalue weighted by atomic mass is 10.1. The van der Waals surface area contributed by atoms with Crippen molar-refractivity contribution >= 4 is 5.69 Å². The molecule has 0 aromatic heterocycles. The SMILES string of the molecule is N#Cc1ccccc1N1CCN(C[C@@H](O)c2ccccc2)CC1. The van der Waals surface area contributed by atoms with E-state index in [1.165, 1.54) is 0 Å². The van der Waals surface area contributed by atoms with Crippen molar-refractivity contribution in [2.45, 2.75) is 6.10 Å². The number of para-hydroxylation sites is 1. The summed E-state index contributed by atoms with van der Waals surface area (Å²) >= 11 is 0. The molecule has 4 heteroatoms. The molecule has 23 heavy (non-hydrogen) atoms. The number of hydrogen-bond donors (Lipinski definition) is 1. The number of β-amino-alcohol motifs (C(OH)–C–C–N with tert-alkyl or cyclic N) is 1. The Morgan fingerprint density at radius 1 is 0.957 bits per heavy atom. The number of nitriles is 1. The highest BCUT2D eigenvalue weighted by molar-refractivity contribution is 5.59. The lowest BCUT2D eigenvalue weighted by Crippen LogP contribution is -2.47. The quantitative estimate of drug-likeness (QED) is 0.942. The van der Waals surface area contributed by atoms with Gasteiger partial charge in [-0.3, -0.25) is 4.90 Å². The summed E-state index contributed by atoms with van der Waals surface area (Å²) in [5.41, 5.74) is 2.70. The first kappa shape index (κ1) is 15.5. The number of aliphatic hydroxyl groups excluding tert-OH is 1. The van der Waals surface area contributed by atoms with Crippen LogP contribution in [0.3, 0.4) is 0 Å². The molecular formula is C19H21N3O. The van der Waals surface area contributed by atoms with E-state index in [1.54, 1.807) is 0 Å². The molecule has 3 rings (SSSR count). The zero-order valence-electron chi connectivity index (χ0n) is 13.1. The largest absolute Gasteiger partial charge is 0.387 e. The van der Waals surface area contributed by atoms with E-state index in [0.717, 1.165) is 43.0 Å². The average Bonchev–Trinajstić information content (AvgIpc) is 2.63. The van der Waals surface area contributed by atoms with Crippen molar-refractivity contribution < 1.29 is 5.11 Å². The summed E-state index contributed by atoms with van der Waals surface area (Å²) in [6.45, 7) is 4.19. The standard InChI is InChI=1S/C19H21N3O/c20-14-17-8-4-5-9-18(17)22-12-10-21(11-13-22)15-19(23)16-6-2-1-3-7-16/h1-9,19,23H,10-13,15H2/t19-/m1/s1. The summed E-state index contributed by atoms with van der Waals surface area (Å²) in [6, 6.07) is 19.8. The van der Waals surface area contributed by atoms with Gasteiger partial charge in [-0.15, -0.1) is 0 Å². The van der Waals surface area contributed by atoms with Crippen LogP contribution in [-0.4, -0.2) is 42.7 Å². The second kappa shape index (κ2) is 7.28. The maximum atomic E-state index is 10.3. The van der Waals surface area contributed by atoms with Gasteiger partial charge in [-0.05, 0) is 17.7 Å². The topological polar surface area (TPSA) is 50.5 Å². The molecule has 1 aliphatic rings. The molecule has 1 aliphatic heterocycles. The molecule has 2 aromatic rings. The first-order valence-corrected chi connectivity index (χ1v) is 7.97. The molecule has 0 unspecified atom stereocenters.